The second-order valence-corrected chi connectivity index (χ2v) is 13.4. The number of aromatic hydroxyl groups is 1. The highest BCUT2D eigenvalue weighted by Crippen LogP contribution is 2.52. The van der Waals surface area contributed by atoms with E-state index in [9.17, 15) is 42.3 Å². The van der Waals surface area contributed by atoms with E-state index in [4.69, 9.17) is 9.47 Å². The monoisotopic (exact) mass is 833 g/mol. The fourth-order valence-corrected chi connectivity index (χ4v) is 7.69. The summed E-state index contributed by atoms with van der Waals surface area (Å²) in [6, 6.07) is 4.98. The molecule has 270 valence electrons. The number of alkyl halides is 3. The number of phenols is 1. The van der Waals surface area contributed by atoms with E-state index >= 15 is 0 Å². The number of allylic oxidation sites excluding steroid dienone is 6. The average molecular weight is 834 g/mol. The first-order valence-corrected chi connectivity index (χ1v) is 16.7. The van der Waals surface area contributed by atoms with Gasteiger partial charge in [0.25, 0.3) is 5.56 Å². The number of carbonyl (C=O) groups excluding carboxylic acids is 2. The standard InChI is InChI=1S/C34H27F3IN5O9/c1-40-23-14-27(51-3)26(50-2)13-21(23)39-20(31(40)47)7-8-41-32(48)42-9-6-16-22(43(42)33(41)49)11-18-25(45)12-19(38)30(46)29(18)28(16)17-10-15(4-5-24(17)44)52-34(35,36)37/h4-6,10,12-14,22,28,44H,7-9,11H2,1-3H3/t22-,28-/m1/s1. The molecule has 2 aliphatic carbocycles. The largest absolute Gasteiger partial charge is 0.573 e. The van der Waals surface area contributed by atoms with Crippen LogP contribution in [-0.2, 0) is 36.1 Å². The zero-order valence-corrected chi connectivity index (χ0v) is 29.6. The van der Waals surface area contributed by atoms with Gasteiger partial charge in [-0.3, -0.25) is 14.4 Å². The third kappa shape index (κ3) is 5.64. The van der Waals surface area contributed by atoms with Crippen LogP contribution in [0.4, 0.5) is 13.2 Å². The van der Waals surface area contributed by atoms with Gasteiger partial charge < -0.3 is 23.9 Å². The lowest BCUT2D eigenvalue weighted by Gasteiger charge is -2.39. The molecule has 0 amide bonds. The van der Waals surface area contributed by atoms with Crippen molar-refractivity contribution in [1.82, 2.24) is 23.5 Å². The summed E-state index contributed by atoms with van der Waals surface area (Å²) in [5, 5.41) is 11.0. The van der Waals surface area contributed by atoms with E-state index in [2.05, 4.69) is 9.72 Å². The molecule has 2 aromatic heterocycles. The van der Waals surface area contributed by atoms with Crippen molar-refractivity contribution in [2.24, 2.45) is 7.05 Å². The third-order valence-corrected chi connectivity index (χ3v) is 10.2. The lowest BCUT2D eigenvalue weighted by atomic mass is 9.68. The van der Waals surface area contributed by atoms with Crippen molar-refractivity contribution in [1.29, 1.82) is 0 Å². The molecule has 0 unspecified atom stereocenters. The minimum absolute atomic E-state index is 0.00410. The molecule has 7 rings (SSSR count). The Kier molecular flexibility index (Phi) is 8.54. The molecule has 0 radical (unpaired) electrons. The number of aryl methyl sites for hydroxylation is 2. The molecular formula is C34H27F3IN5O9. The van der Waals surface area contributed by atoms with Gasteiger partial charge in [-0.15, -0.1) is 13.2 Å². The van der Waals surface area contributed by atoms with Gasteiger partial charge in [-0.2, -0.15) is 0 Å². The molecule has 0 bridgehead atoms. The molecule has 0 fully saturated rings. The number of hydrogen-bond donors (Lipinski definition) is 1. The van der Waals surface area contributed by atoms with E-state index in [0.29, 0.717) is 28.1 Å². The molecule has 0 saturated carbocycles. The average Bonchev–Trinajstić information content (AvgIpc) is 3.35. The first-order chi connectivity index (χ1) is 24.6. The predicted octanol–water partition coefficient (Wildman–Crippen LogP) is 3.36. The van der Waals surface area contributed by atoms with Crippen LogP contribution in [0.3, 0.4) is 0 Å². The highest BCUT2D eigenvalue weighted by atomic mass is 127. The second-order valence-electron chi connectivity index (χ2n) is 12.2. The first kappa shape index (κ1) is 35.0. The van der Waals surface area contributed by atoms with E-state index in [0.717, 1.165) is 38.2 Å². The van der Waals surface area contributed by atoms with Crippen molar-refractivity contribution in [3.63, 3.8) is 0 Å². The smallest absolute Gasteiger partial charge is 0.508 e. The Morgan fingerprint density at radius 1 is 1.02 bits per heavy atom. The highest BCUT2D eigenvalue weighted by molar-refractivity contribution is 14.1. The Morgan fingerprint density at radius 2 is 1.73 bits per heavy atom. The van der Waals surface area contributed by atoms with Crippen LogP contribution < -0.4 is 31.1 Å². The lowest BCUT2D eigenvalue weighted by molar-refractivity contribution is -0.274. The number of hydrogen-bond acceptors (Lipinski definition) is 10. The maximum atomic E-state index is 14.1. The van der Waals surface area contributed by atoms with Crippen LogP contribution >= 0.6 is 22.6 Å². The number of Topliss-reactive ketones (excluding diaryl/α,β-unsaturated/α-hetero) is 1. The number of fused-ring (bicyclic) bond motifs is 4. The maximum absolute atomic E-state index is 14.1. The van der Waals surface area contributed by atoms with Crippen molar-refractivity contribution in [3.8, 4) is 23.0 Å². The first-order valence-electron chi connectivity index (χ1n) is 15.6. The maximum Gasteiger partial charge on any atom is 0.573 e. The normalized spacial score (nSPS) is 18.4. The molecule has 2 aromatic carbocycles. The van der Waals surface area contributed by atoms with Gasteiger partial charge >= 0.3 is 17.7 Å². The molecule has 3 heterocycles. The summed E-state index contributed by atoms with van der Waals surface area (Å²) in [7, 11) is 4.46. The molecule has 52 heavy (non-hydrogen) atoms. The number of rotatable bonds is 7. The summed E-state index contributed by atoms with van der Waals surface area (Å²) >= 11 is 1.70. The Morgan fingerprint density at radius 3 is 2.42 bits per heavy atom. The van der Waals surface area contributed by atoms with Gasteiger partial charge in [0, 0.05) is 67.3 Å². The van der Waals surface area contributed by atoms with Gasteiger partial charge in [-0.1, -0.05) is 6.08 Å². The van der Waals surface area contributed by atoms with Crippen LogP contribution in [0.5, 0.6) is 23.0 Å². The van der Waals surface area contributed by atoms with Crippen molar-refractivity contribution >= 4 is 45.2 Å². The van der Waals surface area contributed by atoms with E-state index in [-0.39, 0.29) is 51.9 Å². The van der Waals surface area contributed by atoms with Crippen molar-refractivity contribution in [2.45, 2.75) is 44.3 Å². The number of aromatic nitrogens is 5. The summed E-state index contributed by atoms with van der Waals surface area (Å²) in [5.74, 6) is -2.76. The molecule has 1 aliphatic heterocycles. The van der Waals surface area contributed by atoms with Gasteiger partial charge in [0.2, 0.25) is 0 Å². The topological polar surface area (TPSA) is 166 Å². The predicted molar refractivity (Wildman–Crippen MR) is 185 cm³/mol. The number of carbonyl (C=O) groups is 2. The van der Waals surface area contributed by atoms with Gasteiger partial charge in [-0.25, -0.2) is 28.5 Å². The third-order valence-electron chi connectivity index (χ3n) is 9.44. The summed E-state index contributed by atoms with van der Waals surface area (Å²) in [6.45, 7) is -0.431. The van der Waals surface area contributed by atoms with Crippen LogP contribution in [0.15, 0.2) is 77.2 Å². The van der Waals surface area contributed by atoms with Crippen molar-refractivity contribution in [3.05, 3.63) is 105 Å². The second kappa shape index (κ2) is 12.7. The molecule has 1 N–H and O–H groups in total. The minimum Gasteiger partial charge on any atom is -0.508 e. The molecule has 2 atom stereocenters. The van der Waals surface area contributed by atoms with E-state index in [1.54, 1.807) is 47.8 Å². The van der Waals surface area contributed by atoms with Crippen LogP contribution in [0.25, 0.3) is 11.0 Å². The Balaban J connectivity index is 1.30. The molecule has 3 aliphatic rings. The number of benzene rings is 2. The summed E-state index contributed by atoms with van der Waals surface area (Å²) in [4.78, 5) is 72.6. The number of halogens is 4. The molecule has 4 aromatic rings. The fourth-order valence-electron chi connectivity index (χ4n) is 7.11. The number of ether oxygens (including phenoxy) is 3. The summed E-state index contributed by atoms with van der Waals surface area (Å²) in [5.41, 5.74) is -0.922. The van der Waals surface area contributed by atoms with Gasteiger partial charge in [0.15, 0.2) is 23.1 Å². The highest BCUT2D eigenvalue weighted by Gasteiger charge is 2.46. The zero-order valence-electron chi connectivity index (χ0n) is 27.5. The number of phenolic OH excluding ortho intramolecular Hbond substituents is 1. The van der Waals surface area contributed by atoms with E-state index < -0.39 is 58.3 Å². The van der Waals surface area contributed by atoms with Gasteiger partial charge in [0.05, 0.1) is 41.4 Å². The zero-order chi connectivity index (χ0) is 37.4. The number of ketones is 2. The Labute approximate surface area is 303 Å². The van der Waals surface area contributed by atoms with Crippen molar-refractivity contribution in [2.75, 3.05) is 14.2 Å². The van der Waals surface area contributed by atoms with Crippen LogP contribution in [0, 0.1) is 0 Å². The molecular weight excluding hydrogens is 806 g/mol. The van der Waals surface area contributed by atoms with E-state index in [1.807, 2.05) is 0 Å². The molecule has 0 spiro atoms. The SMILES string of the molecule is COc1cc2nc(CCn3c(=O)n4n(c3=O)[C@@H]3CC5=C(C(=O)C(I)=CC5=O)[C@@H](c5cc(OC(F)(F)F)ccc5O)C3=CC4)c(=O)n(C)c2cc1OC. The number of methoxy groups -OCH3 is 2. The Hall–Kier alpha value is -5.40. The van der Waals surface area contributed by atoms with Crippen molar-refractivity contribution < 1.29 is 42.1 Å². The quantitative estimate of drug-likeness (QED) is 0.166. The van der Waals surface area contributed by atoms with Crippen LogP contribution in [-0.4, -0.2) is 60.7 Å². The lowest BCUT2D eigenvalue weighted by Crippen LogP contribution is -2.40. The van der Waals surface area contributed by atoms with E-state index in [1.165, 1.54) is 18.8 Å². The summed E-state index contributed by atoms with van der Waals surface area (Å²) < 4.78 is 59.0. The molecule has 18 heteroatoms. The van der Waals surface area contributed by atoms with Crippen LogP contribution in [0.2, 0.25) is 0 Å². The van der Waals surface area contributed by atoms with Gasteiger partial charge in [0.1, 0.15) is 17.2 Å². The molecule has 0 saturated heterocycles. The minimum atomic E-state index is -5.06. The van der Waals surface area contributed by atoms with Gasteiger partial charge in [-0.05, 0) is 46.4 Å². The number of nitrogens with zero attached hydrogens (tertiary/aromatic N) is 5. The van der Waals surface area contributed by atoms with Crippen LogP contribution in [0.1, 0.15) is 29.6 Å². The summed E-state index contributed by atoms with van der Waals surface area (Å²) in [6.07, 6.45) is -2.68. The fraction of sp³-hybridized carbons (Fsp3) is 0.294. The molecule has 14 nitrogen and oxygen atoms in total. The Bertz CT molecular complexity index is 2520.